The molecule has 3 aromatic rings. The van der Waals surface area contributed by atoms with Crippen molar-refractivity contribution in [2.45, 2.75) is 44.7 Å². The molecule has 168 valence electrons. The number of urea groups is 1. The zero-order valence-electron chi connectivity index (χ0n) is 19.2. The number of carbonyl (C=O) groups excluding carboxylic acids is 1. The van der Waals surface area contributed by atoms with Crippen molar-refractivity contribution in [2.24, 2.45) is 13.0 Å². The Morgan fingerprint density at radius 3 is 2.72 bits per heavy atom. The highest BCUT2D eigenvalue weighted by Gasteiger charge is 2.41. The average molecular weight is 432 g/mol. The number of nitrogens with one attached hydrogen (secondary N) is 2. The van der Waals surface area contributed by atoms with Crippen LogP contribution < -0.4 is 10.6 Å². The number of nitrogens with zero attached hydrogens (tertiary/aromatic N) is 3. The molecule has 3 aliphatic rings. The highest BCUT2D eigenvalue weighted by Crippen LogP contribution is 2.42. The van der Waals surface area contributed by atoms with Crippen molar-refractivity contribution >= 4 is 16.8 Å². The Bertz CT molecular complexity index is 1120. The maximum atomic E-state index is 12.0. The Morgan fingerprint density at radius 2 is 1.97 bits per heavy atom. The number of carbonyl (C=O) groups is 1. The van der Waals surface area contributed by atoms with Gasteiger partial charge in [0.2, 0.25) is 0 Å². The molecular formula is C26H33N5O. The van der Waals surface area contributed by atoms with Crippen LogP contribution in [0.4, 0.5) is 4.79 Å². The molecule has 2 amide bonds. The van der Waals surface area contributed by atoms with E-state index in [1.807, 2.05) is 13.8 Å². The van der Waals surface area contributed by atoms with Gasteiger partial charge in [0.25, 0.3) is 0 Å². The zero-order valence-corrected chi connectivity index (χ0v) is 19.2. The fraction of sp³-hybridized carbons (Fsp3) is 0.462. The van der Waals surface area contributed by atoms with Crippen molar-refractivity contribution in [2.75, 3.05) is 19.6 Å². The summed E-state index contributed by atoms with van der Waals surface area (Å²) in [7, 11) is 2.08. The minimum Gasteiger partial charge on any atom is -0.337 e. The van der Waals surface area contributed by atoms with E-state index in [0.717, 1.165) is 31.7 Å². The SMILES string of the molecule is CC(C)NC(=O)NCC1CC2CCN1CC2c1cc(-c2ccc3ccccc3c2)nn1C. The van der Waals surface area contributed by atoms with Crippen LogP contribution in [0, 0.1) is 5.92 Å². The number of benzene rings is 2. The Hall–Kier alpha value is -2.86. The number of piperidine rings is 3. The van der Waals surface area contributed by atoms with E-state index >= 15 is 0 Å². The number of aromatic nitrogens is 2. The molecule has 32 heavy (non-hydrogen) atoms. The summed E-state index contributed by atoms with van der Waals surface area (Å²) >= 11 is 0. The van der Waals surface area contributed by atoms with E-state index in [0.29, 0.717) is 17.9 Å². The molecule has 2 bridgehead atoms. The number of hydrogen-bond donors (Lipinski definition) is 2. The lowest BCUT2D eigenvalue weighted by molar-refractivity contribution is 0.0294. The lowest BCUT2D eigenvalue weighted by atomic mass is 9.74. The van der Waals surface area contributed by atoms with Crippen molar-refractivity contribution in [3.8, 4) is 11.3 Å². The number of amides is 2. The topological polar surface area (TPSA) is 62.2 Å². The molecule has 4 atom stereocenters. The van der Waals surface area contributed by atoms with Crippen LogP contribution >= 0.6 is 0 Å². The van der Waals surface area contributed by atoms with Crippen LogP contribution in [0.5, 0.6) is 0 Å². The third-order valence-electron chi connectivity index (χ3n) is 7.14. The van der Waals surface area contributed by atoms with Crippen molar-refractivity contribution in [1.29, 1.82) is 0 Å². The second-order valence-electron chi connectivity index (χ2n) is 9.69. The van der Waals surface area contributed by atoms with Gasteiger partial charge in [-0.25, -0.2) is 4.79 Å². The fourth-order valence-corrected chi connectivity index (χ4v) is 5.53. The third-order valence-corrected chi connectivity index (χ3v) is 7.14. The maximum absolute atomic E-state index is 12.0. The average Bonchev–Trinajstić information content (AvgIpc) is 3.18. The summed E-state index contributed by atoms with van der Waals surface area (Å²) in [6.07, 6.45) is 2.35. The standard InChI is InChI=1S/C26H33N5O/c1-17(2)28-26(32)27-15-22-13-20-10-11-31(22)16-23(20)25-14-24(29-30(25)3)21-9-8-18-6-4-5-7-19(18)12-21/h4-9,12,14,17,20,22-23H,10-11,13,15-16H2,1-3H3,(H2,27,28,32). The third kappa shape index (κ3) is 4.11. The summed E-state index contributed by atoms with van der Waals surface area (Å²) in [5.74, 6) is 1.14. The van der Waals surface area contributed by atoms with E-state index in [9.17, 15) is 4.79 Å². The Labute approximate surface area is 190 Å². The van der Waals surface area contributed by atoms with E-state index in [1.165, 1.54) is 28.5 Å². The van der Waals surface area contributed by atoms with Crippen LogP contribution in [-0.2, 0) is 7.05 Å². The molecule has 2 aromatic carbocycles. The smallest absolute Gasteiger partial charge is 0.315 e. The lowest BCUT2D eigenvalue weighted by Crippen LogP contribution is -2.57. The van der Waals surface area contributed by atoms with Gasteiger partial charge in [0, 0.05) is 49.4 Å². The Morgan fingerprint density at radius 1 is 1.16 bits per heavy atom. The molecule has 3 saturated heterocycles. The van der Waals surface area contributed by atoms with Gasteiger partial charge in [-0.2, -0.15) is 5.10 Å². The zero-order chi connectivity index (χ0) is 22.2. The summed E-state index contributed by atoms with van der Waals surface area (Å²) in [6, 6.07) is 17.9. The van der Waals surface area contributed by atoms with E-state index in [2.05, 4.69) is 75.8 Å². The Kier molecular flexibility index (Phi) is 5.64. The minimum absolute atomic E-state index is 0.0640. The van der Waals surface area contributed by atoms with Crippen molar-refractivity contribution < 1.29 is 4.79 Å². The molecule has 0 radical (unpaired) electrons. The second-order valence-corrected chi connectivity index (χ2v) is 9.69. The van der Waals surface area contributed by atoms with Gasteiger partial charge in [0.1, 0.15) is 0 Å². The first kappa shape index (κ1) is 21.0. The monoisotopic (exact) mass is 431 g/mol. The Balaban J connectivity index is 1.30. The van der Waals surface area contributed by atoms with E-state index in [-0.39, 0.29) is 12.1 Å². The van der Waals surface area contributed by atoms with Crippen molar-refractivity contribution in [3.63, 3.8) is 0 Å². The highest BCUT2D eigenvalue weighted by atomic mass is 16.2. The number of hydrogen-bond acceptors (Lipinski definition) is 3. The molecule has 3 fully saturated rings. The summed E-state index contributed by atoms with van der Waals surface area (Å²) in [6.45, 7) is 6.84. The van der Waals surface area contributed by atoms with Crippen LogP contribution in [0.25, 0.3) is 22.0 Å². The van der Waals surface area contributed by atoms with Crippen LogP contribution in [-0.4, -0.2) is 52.4 Å². The van der Waals surface area contributed by atoms with Crippen LogP contribution in [0.15, 0.2) is 48.5 Å². The first-order valence-corrected chi connectivity index (χ1v) is 11.8. The van der Waals surface area contributed by atoms with Gasteiger partial charge in [0.05, 0.1) is 5.69 Å². The van der Waals surface area contributed by atoms with Crippen molar-refractivity contribution in [1.82, 2.24) is 25.3 Å². The first-order chi connectivity index (χ1) is 15.5. The molecule has 0 saturated carbocycles. The molecule has 3 aliphatic heterocycles. The molecule has 1 aromatic heterocycles. The molecule has 2 N–H and O–H groups in total. The fourth-order valence-electron chi connectivity index (χ4n) is 5.53. The molecule has 6 rings (SSSR count). The first-order valence-electron chi connectivity index (χ1n) is 11.8. The highest BCUT2D eigenvalue weighted by molar-refractivity contribution is 5.86. The molecule has 6 heteroatoms. The second kappa shape index (κ2) is 8.58. The minimum atomic E-state index is -0.0640. The van der Waals surface area contributed by atoms with Gasteiger partial charge in [-0.3, -0.25) is 9.58 Å². The van der Waals surface area contributed by atoms with E-state index in [4.69, 9.17) is 5.10 Å². The largest absolute Gasteiger partial charge is 0.337 e. The van der Waals surface area contributed by atoms with Gasteiger partial charge in [-0.15, -0.1) is 0 Å². The number of fused-ring (bicyclic) bond motifs is 4. The summed E-state index contributed by atoms with van der Waals surface area (Å²) in [5.41, 5.74) is 3.55. The van der Waals surface area contributed by atoms with Gasteiger partial charge < -0.3 is 10.6 Å². The van der Waals surface area contributed by atoms with Gasteiger partial charge in [0.15, 0.2) is 0 Å². The van der Waals surface area contributed by atoms with Crippen LogP contribution in [0.1, 0.15) is 38.3 Å². The van der Waals surface area contributed by atoms with Crippen LogP contribution in [0.2, 0.25) is 0 Å². The number of aryl methyl sites for hydroxylation is 1. The quantitative estimate of drug-likeness (QED) is 0.639. The molecule has 0 aliphatic carbocycles. The number of rotatable bonds is 5. The molecule has 4 unspecified atom stereocenters. The molecule has 6 nitrogen and oxygen atoms in total. The molecule has 4 heterocycles. The lowest BCUT2D eigenvalue weighted by Gasteiger charge is -2.49. The molecular weight excluding hydrogens is 398 g/mol. The predicted octanol–water partition coefficient (Wildman–Crippen LogP) is 4.13. The van der Waals surface area contributed by atoms with E-state index in [1.54, 1.807) is 0 Å². The predicted molar refractivity (Wildman–Crippen MR) is 129 cm³/mol. The van der Waals surface area contributed by atoms with Gasteiger partial charge in [-0.05, 0) is 62.1 Å². The maximum Gasteiger partial charge on any atom is 0.315 e. The summed E-state index contributed by atoms with van der Waals surface area (Å²) in [5, 5.41) is 13.4. The molecule has 0 spiro atoms. The van der Waals surface area contributed by atoms with Crippen molar-refractivity contribution in [3.05, 3.63) is 54.2 Å². The van der Waals surface area contributed by atoms with E-state index < -0.39 is 0 Å². The summed E-state index contributed by atoms with van der Waals surface area (Å²) < 4.78 is 2.08. The van der Waals surface area contributed by atoms with Gasteiger partial charge >= 0.3 is 6.03 Å². The van der Waals surface area contributed by atoms with Crippen LogP contribution in [0.3, 0.4) is 0 Å². The normalized spacial score (nSPS) is 24.8. The van der Waals surface area contributed by atoms with Gasteiger partial charge in [-0.1, -0.05) is 36.4 Å². The summed E-state index contributed by atoms with van der Waals surface area (Å²) in [4.78, 5) is 14.6.